The van der Waals surface area contributed by atoms with Gasteiger partial charge in [0.25, 0.3) is 0 Å². The number of unbranched alkanes of at least 4 members (excludes halogenated alkanes) is 1. The molecule has 0 aromatic heterocycles. The summed E-state index contributed by atoms with van der Waals surface area (Å²) in [5, 5.41) is 8.38. The van der Waals surface area contributed by atoms with E-state index in [1.165, 1.54) is 12.2 Å². The van der Waals surface area contributed by atoms with E-state index in [0.717, 1.165) is 24.5 Å². The van der Waals surface area contributed by atoms with Crippen molar-refractivity contribution in [1.29, 1.82) is 0 Å². The van der Waals surface area contributed by atoms with E-state index in [1.807, 2.05) is 11.8 Å². The molecule has 0 radical (unpaired) electrons. The molecule has 0 amide bonds. The Hall–Kier alpha value is -0.180. The molecule has 0 fully saturated rings. The van der Waals surface area contributed by atoms with Crippen molar-refractivity contribution in [3.05, 3.63) is 0 Å². The Balaban J connectivity index is 2.96. The SMILES string of the molecule is CC(C)CCSCCCCC(=O)O. The lowest BCUT2D eigenvalue weighted by atomic mass is 10.2. The van der Waals surface area contributed by atoms with Gasteiger partial charge >= 0.3 is 5.97 Å². The van der Waals surface area contributed by atoms with Crippen LogP contribution in [0.25, 0.3) is 0 Å². The second-order valence-corrected chi connectivity index (χ2v) is 4.87. The summed E-state index contributed by atoms with van der Waals surface area (Å²) >= 11 is 1.94. The first-order valence-corrected chi connectivity index (χ1v) is 6.08. The van der Waals surface area contributed by atoms with Crippen LogP contribution in [-0.2, 0) is 4.79 Å². The van der Waals surface area contributed by atoms with Crippen molar-refractivity contribution in [3.8, 4) is 0 Å². The lowest BCUT2D eigenvalue weighted by Gasteiger charge is -2.03. The zero-order valence-electron chi connectivity index (χ0n) is 8.58. The predicted octanol–water partition coefficient (Wildman–Crippen LogP) is 3.02. The van der Waals surface area contributed by atoms with Crippen molar-refractivity contribution in [2.45, 2.75) is 39.5 Å². The zero-order valence-corrected chi connectivity index (χ0v) is 9.40. The van der Waals surface area contributed by atoms with Crippen LogP contribution >= 0.6 is 11.8 Å². The molecule has 0 bridgehead atoms. The van der Waals surface area contributed by atoms with Crippen molar-refractivity contribution in [3.63, 3.8) is 0 Å². The largest absolute Gasteiger partial charge is 0.481 e. The highest BCUT2D eigenvalue weighted by Gasteiger charge is 1.97. The zero-order chi connectivity index (χ0) is 10.1. The van der Waals surface area contributed by atoms with Gasteiger partial charge in [-0.25, -0.2) is 0 Å². The average molecular weight is 204 g/mol. The summed E-state index contributed by atoms with van der Waals surface area (Å²) in [5.74, 6) is 2.43. The maximum absolute atomic E-state index is 10.2. The van der Waals surface area contributed by atoms with Gasteiger partial charge in [-0.3, -0.25) is 4.79 Å². The van der Waals surface area contributed by atoms with Crippen LogP contribution in [0.2, 0.25) is 0 Å². The molecule has 0 saturated carbocycles. The fraction of sp³-hybridized carbons (Fsp3) is 0.900. The molecule has 0 unspecified atom stereocenters. The van der Waals surface area contributed by atoms with Gasteiger partial charge in [-0.15, -0.1) is 0 Å². The Labute approximate surface area is 85.1 Å². The third-order valence-electron chi connectivity index (χ3n) is 1.77. The molecule has 0 atom stereocenters. The third kappa shape index (κ3) is 11.8. The lowest BCUT2D eigenvalue weighted by molar-refractivity contribution is -0.137. The summed E-state index contributed by atoms with van der Waals surface area (Å²) in [6, 6.07) is 0. The van der Waals surface area contributed by atoms with Gasteiger partial charge in [0.05, 0.1) is 0 Å². The normalized spacial score (nSPS) is 10.7. The molecule has 78 valence electrons. The number of carboxylic acids is 1. The molecule has 0 spiro atoms. The van der Waals surface area contributed by atoms with E-state index < -0.39 is 5.97 Å². The molecular weight excluding hydrogens is 184 g/mol. The molecule has 0 aromatic rings. The van der Waals surface area contributed by atoms with Gasteiger partial charge in [-0.2, -0.15) is 11.8 Å². The maximum atomic E-state index is 10.2. The minimum atomic E-state index is -0.674. The first-order valence-electron chi connectivity index (χ1n) is 4.92. The van der Waals surface area contributed by atoms with E-state index in [9.17, 15) is 4.79 Å². The van der Waals surface area contributed by atoms with E-state index in [2.05, 4.69) is 13.8 Å². The Morgan fingerprint density at radius 1 is 1.31 bits per heavy atom. The smallest absolute Gasteiger partial charge is 0.303 e. The molecule has 13 heavy (non-hydrogen) atoms. The van der Waals surface area contributed by atoms with Crippen LogP contribution in [0, 0.1) is 5.92 Å². The van der Waals surface area contributed by atoms with Crippen LogP contribution in [0.3, 0.4) is 0 Å². The number of aliphatic carboxylic acids is 1. The minimum Gasteiger partial charge on any atom is -0.481 e. The molecule has 1 N–H and O–H groups in total. The number of hydrogen-bond acceptors (Lipinski definition) is 2. The number of hydrogen-bond donors (Lipinski definition) is 1. The molecular formula is C10H20O2S. The van der Waals surface area contributed by atoms with Crippen molar-refractivity contribution < 1.29 is 9.90 Å². The summed E-state index contributed by atoms with van der Waals surface area (Å²) in [6.45, 7) is 4.45. The summed E-state index contributed by atoms with van der Waals surface area (Å²) in [7, 11) is 0. The molecule has 3 heteroatoms. The third-order valence-corrected chi connectivity index (χ3v) is 2.87. The summed E-state index contributed by atoms with van der Waals surface area (Å²) < 4.78 is 0. The highest BCUT2D eigenvalue weighted by molar-refractivity contribution is 7.99. The molecule has 2 nitrogen and oxygen atoms in total. The first kappa shape index (κ1) is 12.8. The monoisotopic (exact) mass is 204 g/mol. The fourth-order valence-electron chi connectivity index (χ4n) is 0.901. The summed E-state index contributed by atoms with van der Waals surface area (Å²) in [6.07, 6.45) is 3.45. The van der Waals surface area contributed by atoms with Crippen molar-refractivity contribution in [2.75, 3.05) is 11.5 Å². The van der Waals surface area contributed by atoms with E-state index in [4.69, 9.17) is 5.11 Å². The first-order chi connectivity index (χ1) is 6.13. The molecule has 0 aliphatic heterocycles. The van der Waals surface area contributed by atoms with Crippen LogP contribution in [-0.4, -0.2) is 22.6 Å². The summed E-state index contributed by atoms with van der Waals surface area (Å²) in [4.78, 5) is 10.2. The Bertz CT molecular complexity index is 135. The summed E-state index contributed by atoms with van der Waals surface area (Å²) in [5.41, 5.74) is 0. The lowest BCUT2D eigenvalue weighted by Crippen LogP contribution is -1.95. The number of carbonyl (C=O) groups is 1. The highest BCUT2D eigenvalue weighted by Crippen LogP contribution is 2.11. The van der Waals surface area contributed by atoms with Crippen LogP contribution in [0.4, 0.5) is 0 Å². The van der Waals surface area contributed by atoms with Crippen molar-refractivity contribution >= 4 is 17.7 Å². The molecule has 0 aliphatic carbocycles. The van der Waals surface area contributed by atoms with Crippen LogP contribution in [0.5, 0.6) is 0 Å². The van der Waals surface area contributed by atoms with Crippen LogP contribution in [0.15, 0.2) is 0 Å². The quantitative estimate of drug-likeness (QED) is 0.617. The number of carboxylic acid groups (broad SMARTS) is 1. The van der Waals surface area contributed by atoms with Gasteiger partial charge in [0.1, 0.15) is 0 Å². The van der Waals surface area contributed by atoms with Gasteiger partial charge in [0.15, 0.2) is 0 Å². The van der Waals surface area contributed by atoms with Gasteiger partial charge < -0.3 is 5.11 Å². The Morgan fingerprint density at radius 2 is 2.00 bits per heavy atom. The van der Waals surface area contributed by atoms with Gasteiger partial charge in [-0.1, -0.05) is 13.8 Å². The van der Waals surface area contributed by atoms with Crippen LogP contribution < -0.4 is 0 Å². The van der Waals surface area contributed by atoms with E-state index in [0.29, 0.717) is 6.42 Å². The second kappa shape index (κ2) is 8.42. The molecule has 0 aromatic carbocycles. The van der Waals surface area contributed by atoms with E-state index >= 15 is 0 Å². The Morgan fingerprint density at radius 3 is 2.54 bits per heavy atom. The number of thioether (sulfide) groups is 1. The average Bonchev–Trinajstić information content (AvgIpc) is 2.01. The minimum absolute atomic E-state index is 0.324. The topological polar surface area (TPSA) is 37.3 Å². The van der Waals surface area contributed by atoms with E-state index in [-0.39, 0.29) is 0 Å². The highest BCUT2D eigenvalue weighted by atomic mass is 32.2. The number of rotatable bonds is 8. The van der Waals surface area contributed by atoms with Gasteiger partial charge in [0, 0.05) is 6.42 Å². The molecule has 0 heterocycles. The van der Waals surface area contributed by atoms with Crippen molar-refractivity contribution in [1.82, 2.24) is 0 Å². The Kier molecular flexibility index (Phi) is 8.30. The fourth-order valence-corrected chi connectivity index (χ4v) is 2.15. The maximum Gasteiger partial charge on any atom is 0.303 e. The molecule has 0 rings (SSSR count). The van der Waals surface area contributed by atoms with Gasteiger partial charge in [-0.05, 0) is 36.7 Å². The molecule has 0 aliphatic rings. The van der Waals surface area contributed by atoms with Crippen LogP contribution in [0.1, 0.15) is 39.5 Å². The second-order valence-electron chi connectivity index (χ2n) is 3.65. The molecule has 0 saturated heterocycles. The van der Waals surface area contributed by atoms with Gasteiger partial charge in [0.2, 0.25) is 0 Å². The standard InChI is InChI=1S/C10H20O2S/c1-9(2)6-8-13-7-4-3-5-10(11)12/h9H,3-8H2,1-2H3,(H,11,12). The predicted molar refractivity (Wildman–Crippen MR) is 58.3 cm³/mol. The van der Waals surface area contributed by atoms with Crippen molar-refractivity contribution in [2.24, 2.45) is 5.92 Å². The van der Waals surface area contributed by atoms with E-state index in [1.54, 1.807) is 0 Å².